The molecule has 0 radical (unpaired) electrons. The molecular formula is C22H22Cl3N3O. The minimum Gasteiger partial charge on any atom is -0.336 e. The van der Waals surface area contributed by atoms with E-state index in [1.54, 1.807) is 13.0 Å². The van der Waals surface area contributed by atoms with Gasteiger partial charge in [-0.2, -0.15) is 0 Å². The van der Waals surface area contributed by atoms with Crippen LogP contribution in [0.5, 0.6) is 0 Å². The van der Waals surface area contributed by atoms with Crippen molar-refractivity contribution in [3.8, 4) is 0 Å². The average Bonchev–Trinajstić information content (AvgIpc) is 3.08. The Morgan fingerprint density at radius 1 is 1.14 bits per heavy atom. The first-order chi connectivity index (χ1) is 13.9. The van der Waals surface area contributed by atoms with Crippen LogP contribution in [0.1, 0.15) is 43.7 Å². The first-order valence-electron chi connectivity index (χ1n) is 9.84. The molecule has 0 saturated heterocycles. The quantitative estimate of drug-likeness (QED) is 0.515. The molecule has 2 atom stereocenters. The maximum atomic E-state index is 12.5. The van der Waals surface area contributed by atoms with Crippen molar-refractivity contribution in [3.05, 3.63) is 56.7 Å². The highest BCUT2D eigenvalue weighted by Crippen LogP contribution is 2.36. The Hall–Kier alpha value is -1.62. The molecule has 1 aromatic heterocycles. The Morgan fingerprint density at radius 3 is 2.62 bits per heavy atom. The third kappa shape index (κ3) is 4.76. The molecule has 2 aromatic rings. The summed E-state index contributed by atoms with van der Waals surface area (Å²) < 4.78 is 0. The van der Waals surface area contributed by atoms with Gasteiger partial charge in [-0.05, 0) is 55.0 Å². The third-order valence-corrected chi connectivity index (χ3v) is 6.43. The molecule has 1 aromatic carbocycles. The van der Waals surface area contributed by atoms with E-state index in [2.05, 4.69) is 4.98 Å². The van der Waals surface area contributed by atoms with Gasteiger partial charge in [0.15, 0.2) is 5.82 Å². The summed E-state index contributed by atoms with van der Waals surface area (Å²) in [6.07, 6.45) is 4.88. The molecule has 0 spiro atoms. The Bertz CT molecular complexity index is 956. The number of nitrogens with zero attached hydrogens (tertiary/aromatic N) is 3. The zero-order valence-electron chi connectivity index (χ0n) is 16.2. The van der Waals surface area contributed by atoms with Gasteiger partial charge < -0.3 is 4.90 Å². The van der Waals surface area contributed by atoms with E-state index in [1.165, 1.54) is 0 Å². The number of aliphatic imine (C=N–C) groups is 1. The van der Waals surface area contributed by atoms with Crippen molar-refractivity contribution < 1.29 is 4.79 Å². The van der Waals surface area contributed by atoms with Crippen molar-refractivity contribution in [3.63, 3.8) is 0 Å². The molecule has 2 unspecified atom stereocenters. The highest BCUT2D eigenvalue weighted by molar-refractivity contribution is 6.34. The summed E-state index contributed by atoms with van der Waals surface area (Å²) in [7, 11) is 0. The van der Waals surface area contributed by atoms with E-state index in [4.69, 9.17) is 39.8 Å². The lowest BCUT2D eigenvalue weighted by Gasteiger charge is -2.37. The van der Waals surface area contributed by atoms with Crippen LogP contribution in [-0.2, 0) is 17.8 Å². The number of aromatic nitrogens is 1. The maximum Gasteiger partial charge on any atom is 0.219 e. The van der Waals surface area contributed by atoms with Crippen LogP contribution < -0.4 is 0 Å². The normalized spacial score (nSPS) is 20.9. The summed E-state index contributed by atoms with van der Waals surface area (Å²) in [6, 6.07) is 9.44. The molecular weight excluding hydrogens is 429 g/mol. The van der Waals surface area contributed by atoms with Gasteiger partial charge in [-0.25, -0.2) is 9.98 Å². The Kier molecular flexibility index (Phi) is 6.14. The van der Waals surface area contributed by atoms with E-state index in [0.29, 0.717) is 27.7 Å². The Balaban J connectivity index is 1.50. The summed E-state index contributed by atoms with van der Waals surface area (Å²) in [4.78, 5) is 23.5. The lowest BCUT2D eigenvalue weighted by Crippen LogP contribution is -2.42. The Morgan fingerprint density at radius 2 is 1.90 bits per heavy atom. The van der Waals surface area contributed by atoms with Crippen LogP contribution in [0.3, 0.4) is 0 Å². The molecule has 4 rings (SSSR count). The van der Waals surface area contributed by atoms with Crippen LogP contribution in [0.25, 0.3) is 0 Å². The zero-order chi connectivity index (χ0) is 20.5. The number of amides is 1. The highest BCUT2D eigenvalue weighted by Gasteiger charge is 2.32. The monoisotopic (exact) mass is 449 g/mol. The van der Waals surface area contributed by atoms with Crippen LogP contribution in [0.15, 0.2) is 35.3 Å². The van der Waals surface area contributed by atoms with Crippen molar-refractivity contribution >= 4 is 52.2 Å². The van der Waals surface area contributed by atoms with Crippen molar-refractivity contribution in [2.24, 2.45) is 10.9 Å². The smallest absolute Gasteiger partial charge is 0.219 e. The number of rotatable bonds is 4. The van der Waals surface area contributed by atoms with E-state index in [0.717, 1.165) is 54.8 Å². The molecule has 1 aliphatic heterocycles. The van der Waals surface area contributed by atoms with Crippen LogP contribution >= 0.6 is 34.8 Å². The van der Waals surface area contributed by atoms with Gasteiger partial charge in [0.05, 0.1) is 0 Å². The number of pyridine rings is 1. The third-order valence-electron chi connectivity index (χ3n) is 5.78. The number of benzene rings is 1. The number of hydrogen-bond donors (Lipinski definition) is 0. The van der Waals surface area contributed by atoms with Gasteiger partial charge in [-0.1, -0.05) is 47.3 Å². The molecule has 0 N–H and O–H groups in total. The lowest BCUT2D eigenvalue weighted by molar-refractivity contribution is -0.132. The molecule has 29 heavy (non-hydrogen) atoms. The molecule has 4 nitrogen and oxygen atoms in total. The topological polar surface area (TPSA) is 45.6 Å². The van der Waals surface area contributed by atoms with Crippen molar-refractivity contribution in [2.45, 2.75) is 51.6 Å². The fraction of sp³-hybridized carbons (Fsp3) is 0.409. The molecule has 2 heterocycles. The van der Waals surface area contributed by atoms with Crippen LogP contribution in [0.4, 0.5) is 5.82 Å². The summed E-state index contributed by atoms with van der Waals surface area (Å²) in [5.74, 6) is 1.16. The van der Waals surface area contributed by atoms with Crippen LogP contribution in [0.2, 0.25) is 15.2 Å². The number of halogens is 3. The second-order valence-electron chi connectivity index (χ2n) is 7.84. The standard InChI is InChI=1S/C22H22Cl3N3O/c1-13(29)28(12-14-7-17(23)11-18(24)8-14)19-4-2-3-15(9-19)20-10-16-5-6-21(25)27-22(16)26-20/h5-8,11,15,19H,2-4,9-10,12H2,1H3. The van der Waals surface area contributed by atoms with E-state index < -0.39 is 0 Å². The van der Waals surface area contributed by atoms with Crippen LogP contribution in [-0.4, -0.2) is 27.5 Å². The molecule has 1 saturated carbocycles. The van der Waals surface area contributed by atoms with E-state index in [9.17, 15) is 4.79 Å². The van der Waals surface area contributed by atoms with E-state index >= 15 is 0 Å². The second kappa shape index (κ2) is 8.63. The summed E-state index contributed by atoms with van der Waals surface area (Å²) >= 11 is 18.3. The molecule has 0 bridgehead atoms. The number of carbonyl (C=O) groups is 1. The molecule has 1 fully saturated rings. The zero-order valence-corrected chi connectivity index (χ0v) is 18.4. The van der Waals surface area contributed by atoms with Gasteiger partial charge in [0.2, 0.25) is 5.91 Å². The SMILES string of the molecule is CC(=O)N(Cc1cc(Cl)cc(Cl)c1)C1CCCC(C2=Nc3nc(Cl)ccc3C2)C1. The highest BCUT2D eigenvalue weighted by atomic mass is 35.5. The predicted molar refractivity (Wildman–Crippen MR) is 118 cm³/mol. The summed E-state index contributed by atoms with van der Waals surface area (Å²) in [5, 5.41) is 1.64. The molecule has 1 amide bonds. The van der Waals surface area contributed by atoms with Gasteiger partial charge in [0, 0.05) is 47.3 Å². The summed E-state index contributed by atoms with van der Waals surface area (Å²) in [5.41, 5.74) is 3.24. The molecule has 1 aliphatic carbocycles. The maximum absolute atomic E-state index is 12.5. The van der Waals surface area contributed by atoms with Gasteiger partial charge in [0.1, 0.15) is 5.15 Å². The van der Waals surface area contributed by atoms with Gasteiger partial charge >= 0.3 is 0 Å². The number of fused-ring (bicyclic) bond motifs is 1. The molecule has 7 heteroatoms. The first-order valence-corrected chi connectivity index (χ1v) is 11.0. The van der Waals surface area contributed by atoms with E-state index in [1.807, 2.05) is 29.2 Å². The van der Waals surface area contributed by atoms with Crippen molar-refractivity contribution in [2.75, 3.05) is 0 Å². The fourth-order valence-corrected chi connectivity index (χ4v) is 5.16. The summed E-state index contributed by atoms with van der Waals surface area (Å²) in [6.45, 7) is 2.14. The van der Waals surface area contributed by atoms with E-state index in [-0.39, 0.29) is 11.9 Å². The molecule has 152 valence electrons. The minimum atomic E-state index is 0.0665. The van der Waals surface area contributed by atoms with Gasteiger partial charge in [-0.15, -0.1) is 0 Å². The van der Waals surface area contributed by atoms with Crippen molar-refractivity contribution in [1.82, 2.24) is 9.88 Å². The van der Waals surface area contributed by atoms with Gasteiger partial charge in [-0.3, -0.25) is 4.79 Å². The average molecular weight is 451 g/mol. The fourth-order valence-electron chi connectivity index (χ4n) is 4.44. The second-order valence-corrected chi connectivity index (χ2v) is 9.10. The minimum absolute atomic E-state index is 0.0665. The number of hydrogen-bond acceptors (Lipinski definition) is 3. The first kappa shape index (κ1) is 20.6. The van der Waals surface area contributed by atoms with Crippen LogP contribution in [0, 0.1) is 5.92 Å². The molecule has 2 aliphatic rings. The Labute approximate surface area is 185 Å². The largest absolute Gasteiger partial charge is 0.336 e. The number of carbonyl (C=O) groups excluding carboxylic acids is 1. The lowest BCUT2D eigenvalue weighted by atomic mass is 9.81. The van der Waals surface area contributed by atoms with Gasteiger partial charge in [0.25, 0.3) is 0 Å². The van der Waals surface area contributed by atoms with Crippen molar-refractivity contribution in [1.29, 1.82) is 0 Å². The predicted octanol–water partition coefficient (Wildman–Crippen LogP) is 6.28.